The van der Waals surface area contributed by atoms with Crippen LogP contribution in [0.3, 0.4) is 0 Å². The average Bonchev–Trinajstić information content (AvgIpc) is 2.99. The minimum Gasteiger partial charge on any atom is -0.330 e. The SMILES string of the molecule is CC/C(=C\c1ccccc1)c1cc2ccccc2n1C(=O)N(C)C. The normalized spacial score (nSPS) is 11.7. The van der Waals surface area contributed by atoms with Crippen LogP contribution in [0.1, 0.15) is 24.6 Å². The van der Waals surface area contributed by atoms with Gasteiger partial charge in [0.15, 0.2) is 0 Å². The molecule has 1 aromatic heterocycles. The van der Waals surface area contributed by atoms with E-state index in [2.05, 4.69) is 31.2 Å². The lowest BCUT2D eigenvalue weighted by Crippen LogP contribution is -2.28. The summed E-state index contributed by atoms with van der Waals surface area (Å²) in [5, 5.41) is 1.08. The lowest BCUT2D eigenvalue weighted by atomic mass is 10.1. The maximum atomic E-state index is 12.8. The second kappa shape index (κ2) is 6.75. The first-order chi connectivity index (χ1) is 11.6. The van der Waals surface area contributed by atoms with Gasteiger partial charge in [-0.1, -0.05) is 55.5 Å². The van der Waals surface area contributed by atoms with E-state index >= 15 is 0 Å². The number of nitrogens with zero attached hydrogens (tertiary/aromatic N) is 2. The van der Waals surface area contributed by atoms with Crippen LogP contribution in [0, 0.1) is 0 Å². The highest BCUT2D eigenvalue weighted by molar-refractivity contribution is 5.98. The number of para-hydroxylation sites is 1. The number of hydrogen-bond donors (Lipinski definition) is 0. The van der Waals surface area contributed by atoms with Crippen LogP contribution in [-0.2, 0) is 0 Å². The van der Waals surface area contributed by atoms with Crippen LogP contribution in [0.5, 0.6) is 0 Å². The van der Waals surface area contributed by atoms with Gasteiger partial charge in [0.1, 0.15) is 0 Å². The molecule has 24 heavy (non-hydrogen) atoms. The van der Waals surface area contributed by atoms with Crippen molar-refractivity contribution in [2.75, 3.05) is 14.1 Å². The van der Waals surface area contributed by atoms with Crippen molar-refractivity contribution in [1.82, 2.24) is 9.47 Å². The monoisotopic (exact) mass is 318 g/mol. The second-order valence-electron chi connectivity index (χ2n) is 6.03. The van der Waals surface area contributed by atoms with Crippen molar-refractivity contribution in [2.24, 2.45) is 0 Å². The predicted octanol–water partition coefficient (Wildman–Crippen LogP) is 5.12. The molecule has 3 heteroatoms. The van der Waals surface area contributed by atoms with Crippen LogP contribution in [0.25, 0.3) is 22.6 Å². The number of carbonyl (C=O) groups excluding carboxylic acids is 1. The molecule has 0 N–H and O–H groups in total. The average molecular weight is 318 g/mol. The summed E-state index contributed by atoms with van der Waals surface area (Å²) in [6.45, 7) is 2.12. The summed E-state index contributed by atoms with van der Waals surface area (Å²) < 4.78 is 1.81. The van der Waals surface area contributed by atoms with Gasteiger partial charge in [0.2, 0.25) is 0 Å². The molecule has 1 amide bonds. The van der Waals surface area contributed by atoms with Crippen molar-refractivity contribution < 1.29 is 4.79 Å². The van der Waals surface area contributed by atoms with E-state index in [-0.39, 0.29) is 6.03 Å². The third-order valence-electron chi connectivity index (χ3n) is 4.14. The van der Waals surface area contributed by atoms with Crippen molar-refractivity contribution in [1.29, 1.82) is 0 Å². The molecular weight excluding hydrogens is 296 g/mol. The molecule has 0 aliphatic heterocycles. The number of amides is 1. The standard InChI is InChI=1S/C21H22N2O/c1-4-17(14-16-10-6-5-7-11-16)20-15-18-12-8-9-13-19(18)23(20)21(24)22(2)3/h5-15H,4H2,1-3H3/b17-14+. The molecule has 0 saturated carbocycles. The number of benzene rings is 2. The Bertz CT molecular complexity index is 889. The zero-order chi connectivity index (χ0) is 17.1. The fourth-order valence-electron chi connectivity index (χ4n) is 2.90. The topological polar surface area (TPSA) is 25.2 Å². The summed E-state index contributed by atoms with van der Waals surface area (Å²) in [7, 11) is 3.57. The minimum absolute atomic E-state index is 0.0291. The number of aromatic nitrogens is 1. The van der Waals surface area contributed by atoms with Crippen LogP contribution in [0.4, 0.5) is 4.79 Å². The fourth-order valence-corrected chi connectivity index (χ4v) is 2.90. The highest BCUT2D eigenvalue weighted by Crippen LogP contribution is 2.29. The first-order valence-corrected chi connectivity index (χ1v) is 8.20. The molecule has 0 spiro atoms. The molecule has 0 unspecified atom stereocenters. The number of hydrogen-bond acceptors (Lipinski definition) is 1. The van der Waals surface area contributed by atoms with Crippen molar-refractivity contribution >= 4 is 28.6 Å². The van der Waals surface area contributed by atoms with Crippen molar-refractivity contribution in [2.45, 2.75) is 13.3 Å². The first kappa shape index (κ1) is 16.1. The Morgan fingerprint density at radius 2 is 1.71 bits per heavy atom. The number of fused-ring (bicyclic) bond motifs is 1. The van der Waals surface area contributed by atoms with E-state index in [4.69, 9.17) is 0 Å². The Labute approximate surface area is 142 Å². The fraction of sp³-hybridized carbons (Fsp3) is 0.190. The summed E-state index contributed by atoms with van der Waals surface area (Å²) in [5.41, 5.74) is 4.19. The van der Waals surface area contributed by atoms with Gasteiger partial charge in [-0.2, -0.15) is 0 Å². The first-order valence-electron chi connectivity index (χ1n) is 8.20. The highest BCUT2D eigenvalue weighted by Gasteiger charge is 2.18. The third kappa shape index (κ3) is 2.98. The summed E-state index contributed by atoms with van der Waals surface area (Å²) >= 11 is 0. The van der Waals surface area contributed by atoms with E-state index in [1.54, 1.807) is 19.0 Å². The lowest BCUT2D eigenvalue weighted by molar-refractivity contribution is 0.220. The lowest BCUT2D eigenvalue weighted by Gasteiger charge is -2.16. The summed E-state index contributed by atoms with van der Waals surface area (Å²) in [5.74, 6) is 0. The maximum Gasteiger partial charge on any atom is 0.328 e. The van der Waals surface area contributed by atoms with Gasteiger partial charge >= 0.3 is 6.03 Å². The van der Waals surface area contributed by atoms with Gasteiger partial charge < -0.3 is 4.90 Å². The molecule has 0 atom stereocenters. The van der Waals surface area contributed by atoms with Crippen molar-refractivity contribution in [3.63, 3.8) is 0 Å². The molecular formula is C21H22N2O. The van der Waals surface area contributed by atoms with E-state index < -0.39 is 0 Å². The predicted molar refractivity (Wildman–Crippen MR) is 101 cm³/mol. The highest BCUT2D eigenvalue weighted by atomic mass is 16.2. The molecule has 2 aromatic carbocycles. The van der Waals surface area contributed by atoms with E-state index in [1.807, 2.05) is 47.0 Å². The van der Waals surface area contributed by atoms with Gasteiger partial charge in [-0.25, -0.2) is 4.79 Å². The molecule has 3 nitrogen and oxygen atoms in total. The summed E-state index contributed by atoms with van der Waals surface area (Å²) in [6.07, 6.45) is 3.01. The van der Waals surface area contributed by atoms with Crippen LogP contribution in [0.2, 0.25) is 0 Å². The molecule has 0 bridgehead atoms. The molecule has 3 rings (SSSR count). The molecule has 1 heterocycles. The number of allylic oxidation sites excluding steroid dienone is 1. The Morgan fingerprint density at radius 1 is 1.04 bits per heavy atom. The van der Waals surface area contributed by atoms with E-state index in [9.17, 15) is 4.79 Å². The minimum atomic E-state index is -0.0291. The molecule has 122 valence electrons. The smallest absolute Gasteiger partial charge is 0.328 e. The zero-order valence-electron chi connectivity index (χ0n) is 14.4. The Hall–Kier alpha value is -2.81. The third-order valence-corrected chi connectivity index (χ3v) is 4.14. The van der Waals surface area contributed by atoms with E-state index in [0.29, 0.717) is 0 Å². The van der Waals surface area contributed by atoms with Gasteiger partial charge in [-0.05, 0) is 35.8 Å². The Balaban J connectivity index is 2.22. The van der Waals surface area contributed by atoms with Crippen LogP contribution in [-0.4, -0.2) is 29.6 Å². The van der Waals surface area contributed by atoms with E-state index in [1.165, 1.54) is 0 Å². The van der Waals surface area contributed by atoms with Crippen molar-refractivity contribution in [3.8, 4) is 0 Å². The Morgan fingerprint density at radius 3 is 2.38 bits per heavy atom. The molecule has 0 aliphatic carbocycles. The Kier molecular flexibility index (Phi) is 4.52. The second-order valence-corrected chi connectivity index (χ2v) is 6.03. The van der Waals surface area contributed by atoms with Crippen LogP contribution in [0.15, 0.2) is 60.7 Å². The zero-order valence-corrected chi connectivity index (χ0v) is 14.4. The molecule has 0 radical (unpaired) electrons. The van der Waals surface area contributed by atoms with E-state index in [0.717, 1.165) is 34.2 Å². The van der Waals surface area contributed by atoms with Crippen LogP contribution < -0.4 is 0 Å². The molecule has 0 saturated heterocycles. The molecule has 0 aliphatic rings. The number of carbonyl (C=O) groups is 1. The quantitative estimate of drug-likeness (QED) is 0.658. The summed E-state index contributed by atoms with van der Waals surface area (Å²) in [4.78, 5) is 14.4. The van der Waals surface area contributed by atoms with Gasteiger partial charge in [-0.3, -0.25) is 4.57 Å². The van der Waals surface area contributed by atoms with Gasteiger partial charge in [0.25, 0.3) is 0 Å². The van der Waals surface area contributed by atoms with Gasteiger partial charge in [0, 0.05) is 19.5 Å². The maximum absolute atomic E-state index is 12.8. The number of rotatable bonds is 3. The van der Waals surface area contributed by atoms with Crippen LogP contribution >= 0.6 is 0 Å². The molecule has 0 fully saturated rings. The molecule has 3 aromatic rings. The largest absolute Gasteiger partial charge is 0.330 e. The summed E-state index contributed by atoms with van der Waals surface area (Å²) in [6, 6.07) is 20.3. The van der Waals surface area contributed by atoms with Gasteiger partial charge in [-0.15, -0.1) is 0 Å². The van der Waals surface area contributed by atoms with Crippen molar-refractivity contribution in [3.05, 3.63) is 71.9 Å². The van der Waals surface area contributed by atoms with Gasteiger partial charge in [0.05, 0.1) is 11.2 Å².